The summed E-state index contributed by atoms with van der Waals surface area (Å²) in [6.45, 7) is 8.03. The van der Waals surface area contributed by atoms with Gasteiger partial charge in [-0.05, 0) is 43.0 Å². The molecule has 0 saturated heterocycles. The van der Waals surface area contributed by atoms with Gasteiger partial charge in [0.2, 0.25) is 0 Å². The van der Waals surface area contributed by atoms with Crippen LogP contribution in [0, 0.1) is 5.92 Å². The minimum Gasteiger partial charge on any atom is -0.344 e. The molecule has 100 valence electrons. The lowest BCUT2D eigenvalue weighted by molar-refractivity contribution is 0.503. The average Bonchev–Trinajstić information content (AvgIpc) is 3.06. The fourth-order valence-electron chi connectivity index (χ4n) is 2.64. The zero-order valence-corrected chi connectivity index (χ0v) is 12.1. The van der Waals surface area contributed by atoms with E-state index in [1.165, 1.54) is 29.8 Å². The van der Waals surface area contributed by atoms with Gasteiger partial charge < -0.3 is 4.57 Å². The first-order valence-electron chi connectivity index (χ1n) is 7.16. The fourth-order valence-corrected chi connectivity index (χ4v) is 2.64. The second-order valence-corrected chi connectivity index (χ2v) is 6.65. The first-order chi connectivity index (χ1) is 9.05. The van der Waals surface area contributed by atoms with Gasteiger partial charge in [-0.25, -0.2) is 0 Å². The number of rotatable bonds is 3. The third-order valence-corrected chi connectivity index (χ3v) is 3.84. The lowest BCUT2D eigenvalue weighted by atomic mass is 9.92. The molecule has 2 aromatic rings. The van der Waals surface area contributed by atoms with Crippen molar-refractivity contribution in [1.29, 1.82) is 0 Å². The Morgan fingerprint density at radius 2 is 2.00 bits per heavy atom. The predicted molar refractivity (Wildman–Crippen MR) is 79.1 cm³/mol. The van der Waals surface area contributed by atoms with E-state index in [0.717, 1.165) is 12.5 Å². The van der Waals surface area contributed by atoms with E-state index in [0.29, 0.717) is 0 Å². The Hall–Kier alpha value is -1.57. The maximum atomic E-state index is 4.26. The molecule has 0 aliphatic heterocycles. The van der Waals surface area contributed by atoms with Crippen molar-refractivity contribution in [3.63, 3.8) is 0 Å². The quantitative estimate of drug-likeness (QED) is 0.800. The molecule has 2 aromatic heterocycles. The molecule has 0 spiro atoms. The van der Waals surface area contributed by atoms with E-state index in [1.54, 1.807) is 0 Å². The standard InChI is InChI=1S/C17H22N2/c1-17(2,3)16-9-8-15(14-5-4-10-18-11-14)19(16)12-13-6-7-13/h4-5,8-11,13H,6-7,12H2,1-3H3. The van der Waals surface area contributed by atoms with Crippen molar-refractivity contribution in [2.24, 2.45) is 5.92 Å². The van der Waals surface area contributed by atoms with Crippen LogP contribution >= 0.6 is 0 Å². The van der Waals surface area contributed by atoms with E-state index in [9.17, 15) is 0 Å². The summed E-state index contributed by atoms with van der Waals surface area (Å²) in [7, 11) is 0. The summed E-state index contributed by atoms with van der Waals surface area (Å²) in [5, 5.41) is 0. The van der Waals surface area contributed by atoms with Crippen LogP contribution in [0.1, 0.15) is 39.3 Å². The summed E-state index contributed by atoms with van der Waals surface area (Å²) in [6.07, 6.45) is 6.57. The summed E-state index contributed by atoms with van der Waals surface area (Å²) in [5.41, 5.74) is 4.15. The second-order valence-electron chi connectivity index (χ2n) is 6.65. The molecule has 0 radical (unpaired) electrons. The highest BCUT2D eigenvalue weighted by molar-refractivity contribution is 5.60. The molecule has 2 nitrogen and oxygen atoms in total. The van der Waals surface area contributed by atoms with Crippen molar-refractivity contribution >= 4 is 0 Å². The zero-order chi connectivity index (χ0) is 13.5. The number of aromatic nitrogens is 2. The number of pyridine rings is 1. The predicted octanol–water partition coefficient (Wildman–Crippen LogP) is 4.26. The number of hydrogen-bond acceptors (Lipinski definition) is 1. The summed E-state index contributed by atoms with van der Waals surface area (Å²) in [6, 6.07) is 8.70. The third kappa shape index (κ3) is 2.58. The Labute approximate surface area is 115 Å². The summed E-state index contributed by atoms with van der Waals surface area (Å²) < 4.78 is 2.51. The van der Waals surface area contributed by atoms with E-state index in [4.69, 9.17) is 0 Å². The molecule has 0 bridgehead atoms. The SMILES string of the molecule is CC(C)(C)c1ccc(-c2cccnc2)n1CC1CC1. The van der Waals surface area contributed by atoms with Crippen molar-refractivity contribution in [3.05, 3.63) is 42.4 Å². The summed E-state index contributed by atoms with van der Waals surface area (Å²) >= 11 is 0. The summed E-state index contributed by atoms with van der Waals surface area (Å²) in [4.78, 5) is 4.26. The van der Waals surface area contributed by atoms with Crippen LogP contribution in [0.15, 0.2) is 36.7 Å². The van der Waals surface area contributed by atoms with Crippen molar-refractivity contribution in [2.45, 2.75) is 45.6 Å². The highest BCUT2D eigenvalue weighted by atomic mass is 15.0. The van der Waals surface area contributed by atoms with Gasteiger partial charge in [0.25, 0.3) is 0 Å². The molecule has 19 heavy (non-hydrogen) atoms. The highest BCUT2D eigenvalue weighted by Crippen LogP contribution is 2.36. The van der Waals surface area contributed by atoms with Crippen molar-refractivity contribution in [1.82, 2.24) is 9.55 Å². The average molecular weight is 254 g/mol. The van der Waals surface area contributed by atoms with Crippen LogP contribution in [0.5, 0.6) is 0 Å². The minimum absolute atomic E-state index is 0.190. The van der Waals surface area contributed by atoms with Gasteiger partial charge in [-0.1, -0.05) is 20.8 Å². The molecule has 0 amide bonds. The van der Waals surface area contributed by atoms with Gasteiger partial charge in [-0.2, -0.15) is 0 Å². The maximum absolute atomic E-state index is 4.26. The second kappa shape index (κ2) is 4.52. The Morgan fingerprint density at radius 3 is 2.58 bits per heavy atom. The fraction of sp³-hybridized carbons (Fsp3) is 0.471. The molecular formula is C17H22N2. The monoisotopic (exact) mass is 254 g/mol. The molecule has 0 atom stereocenters. The van der Waals surface area contributed by atoms with Crippen LogP contribution in [-0.2, 0) is 12.0 Å². The van der Waals surface area contributed by atoms with Gasteiger partial charge in [0.05, 0.1) is 0 Å². The first kappa shape index (κ1) is 12.5. The van der Waals surface area contributed by atoms with Crippen LogP contribution < -0.4 is 0 Å². The molecule has 3 rings (SSSR count). The van der Waals surface area contributed by atoms with E-state index in [-0.39, 0.29) is 5.41 Å². The van der Waals surface area contributed by atoms with Gasteiger partial charge in [-0.15, -0.1) is 0 Å². The molecule has 1 saturated carbocycles. The van der Waals surface area contributed by atoms with Crippen LogP contribution in [0.4, 0.5) is 0 Å². The topological polar surface area (TPSA) is 17.8 Å². The van der Waals surface area contributed by atoms with Gasteiger partial charge in [-0.3, -0.25) is 4.98 Å². The van der Waals surface area contributed by atoms with Crippen LogP contribution in [0.25, 0.3) is 11.3 Å². The zero-order valence-electron chi connectivity index (χ0n) is 12.1. The molecule has 2 heterocycles. The maximum Gasteiger partial charge on any atom is 0.0498 e. The molecule has 1 aliphatic carbocycles. The van der Waals surface area contributed by atoms with Crippen molar-refractivity contribution < 1.29 is 0 Å². The summed E-state index contributed by atoms with van der Waals surface area (Å²) in [5.74, 6) is 0.879. The van der Waals surface area contributed by atoms with Crippen LogP contribution in [0.3, 0.4) is 0 Å². The van der Waals surface area contributed by atoms with E-state index < -0.39 is 0 Å². The number of hydrogen-bond donors (Lipinski definition) is 0. The van der Waals surface area contributed by atoms with Crippen LogP contribution in [0.2, 0.25) is 0 Å². The molecule has 2 heteroatoms. The van der Waals surface area contributed by atoms with Crippen molar-refractivity contribution in [2.75, 3.05) is 0 Å². The smallest absolute Gasteiger partial charge is 0.0498 e. The molecule has 0 unspecified atom stereocenters. The molecule has 1 aliphatic rings. The van der Waals surface area contributed by atoms with Gasteiger partial charge in [0.1, 0.15) is 0 Å². The van der Waals surface area contributed by atoms with E-state index in [1.807, 2.05) is 18.5 Å². The van der Waals surface area contributed by atoms with Gasteiger partial charge in [0.15, 0.2) is 0 Å². The molecular weight excluding hydrogens is 232 g/mol. The van der Waals surface area contributed by atoms with Gasteiger partial charge >= 0.3 is 0 Å². The lowest BCUT2D eigenvalue weighted by Gasteiger charge is -2.23. The highest BCUT2D eigenvalue weighted by Gasteiger charge is 2.27. The molecule has 1 fully saturated rings. The minimum atomic E-state index is 0.190. The molecule has 0 aromatic carbocycles. The Balaban J connectivity index is 2.06. The van der Waals surface area contributed by atoms with Crippen molar-refractivity contribution in [3.8, 4) is 11.3 Å². The third-order valence-electron chi connectivity index (χ3n) is 3.84. The lowest BCUT2D eigenvalue weighted by Crippen LogP contribution is -2.18. The Morgan fingerprint density at radius 1 is 1.21 bits per heavy atom. The Bertz CT molecular complexity index is 557. The first-order valence-corrected chi connectivity index (χ1v) is 7.16. The molecule has 0 N–H and O–H groups in total. The number of nitrogens with zero attached hydrogens (tertiary/aromatic N) is 2. The largest absolute Gasteiger partial charge is 0.344 e. The van der Waals surface area contributed by atoms with Gasteiger partial charge in [0, 0.05) is 41.3 Å². The van der Waals surface area contributed by atoms with Crippen LogP contribution in [-0.4, -0.2) is 9.55 Å². The Kier molecular flexibility index (Phi) is 2.96. The van der Waals surface area contributed by atoms with E-state index >= 15 is 0 Å². The normalized spacial score (nSPS) is 15.7. The van der Waals surface area contributed by atoms with E-state index in [2.05, 4.69) is 48.5 Å².